The van der Waals surface area contributed by atoms with Gasteiger partial charge in [0.25, 0.3) is 0 Å². The smallest absolute Gasteiger partial charge is 0.344 e. The minimum absolute atomic E-state index is 0.125. The van der Waals surface area contributed by atoms with Crippen LogP contribution in [0.2, 0.25) is 0 Å². The minimum Gasteiger partial charge on any atom is -0.482 e. The van der Waals surface area contributed by atoms with Gasteiger partial charge in [0.2, 0.25) is 0 Å². The molecular formula is C16H16O5. The zero-order chi connectivity index (χ0) is 15.2. The lowest BCUT2D eigenvalue weighted by atomic mass is 10.1. The Kier molecular flexibility index (Phi) is 4.77. The summed E-state index contributed by atoms with van der Waals surface area (Å²) in [5.74, 6) is -0.209. The molecule has 0 unspecified atom stereocenters. The summed E-state index contributed by atoms with van der Waals surface area (Å²) in [5.41, 5.74) is 0.491. The molecule has 0 atom stereocenters. The summed E-state index contributed by atoms with van der Waals surface area (Å²) >= 11 is 0. The molecule has 0 radical (unpaired) electrons. The molecule has 0 saturated carbocycles. The largest absolute Gasteiger partial charge is 0.482 e. The van der Waals surface area contributed by atoms with E-state index in [2.05, 4.69) is 4.74 Å². The standard InChI is InChI=1S/C16H16O5/c1-3-20-15(17)10-21-14-7-6-11-8-13(16(18)19-2)5-4-12(11)9-14/h4-9H,3,10H2,1-2H3. The molecule has 0 aliphatic rings. The summed E-state index contributed by atoms with van der Waals surface area (Å²) in [7, 11) is 1.35. The number of rotatable bonds is 5. The van der Waals surface area contributed by atoms with Crippen LogP contribution in [-0.2, 0) is 14.3 Å². The zero-order valence-electron chi connectivity index (χ0n) is 11.9. The van der Waals surface area contributed by atoms with E-state index in [1.165, 1.54) is 7.11 Å². The highest BCUT2D eigenvalue weighted by Gasteiger charge is 2.07. The van der Waals surface area contributed by atoms with Gasteiger partial charge in [0.05, 0.1) is 19.3 Å². The van der Waals surface area contributed by atoms with Crippen molar-refractivity contribution in [3.63, 3.8) is 0 Å². The maximum atomic E-state index is 11.5. The van der Waals surface area contributed by atoms with Crippen LogP contribution in [0, 0.1) is 0 Å². The Balaban J connectivity index is 2.15. The van der Waals surface area contributed by atoms with Crippen molar-refractivity contribution < 1.29 is 23.8 Å². The Hall–Kier alpha value is -2.56. The normalized spacial score (nSPS) is 10.2. The van der Waals surface area contributed by atoms with Crippen molar-refractivity contribution >= 4 is 22.7 Å². The second kappa shape index (κ2) is 6.74. The lowest BCUT2D eigenvalue weighted by Crippen LogP contribution is -2.14. The van der Waals surface area contributed by atoms with Crippen LogP contribution in [0.25, 0.3) is 10.8 Å². The summed E-state index contributed by atoms with van der Waals surface area (Å²) < 4.78 is 14.8. The number of hydrogen-bond donors (Lipinski definition) is 0. The molecule has 0 spiro atoms. The van der Waals surface area contributed by atoms with Gasteiger partial charge in [-0.1, -0.05) is 12.1 Å². The molecular weight excluding hydrogens is 272 g/mol. The molecule has 0 bridgehead atoms. The molecule has 0 heterocycles. The molecule has 2 aromatic rings. The van der Waals surface area contributed by atoms with Crippen molar-refractivity contribution in [1.29, 1.82) is 0 Å². The predicted molar refractivity (Wildman–Crippen MR) is 77.4 cm³/mol. The molecule has 21 heavy (non-hydrogen) atoms. The third-order valence-electron chi connectivity index (χ3n) is 2.89. The fraction of sp³-hybridized carbons (Fsp3) is 0.250. The molecule has 5 heteroatoms. The van der Waals surface area contributed by atoms with Crippen molar-refractivity contribution in [2.24, 2.45) is 0 Å². The van der Waals surface area contributed by atoms with E-state index >= 15 is 0 Å². The fourth-order valence-corrected chi connectivity index (χ4v) is 1.90. The van der Waals surface area contributed by atoms with Gasteiger partial charge >= 0.3 is 11.9 Å². The summed E-state index contributed by atoms with van der Waals surface area (Å²) in [6.45, 7) is 1.95. The van der Waals surface area contributed by atoms with E-state index in [-0.39, 0.29) is 12.6 Å². The Labute approximate surface area is 122 Å². The van der Waals surface area contributed by atoms with Crippen LogP contribution in [0.1, 0.15) is 17.3 Å². The molecule has 0 saturated heterocycles. The number of benzene rings is 2. The molecule has 0 aromatic heterocycles. The van der Waals surface area contributed by atoms with Crippen LogP contribution in [-0.4, -0.2) is 32.3 Å². The van der Waals surface area contributed by atoms with E-state index in [0.29, 0.717) is 17.9 Å². The third-order valence-corrected chi connectivity index (χ3v) is 2.89. The number of methoxy groups -OCH3 is 1. The van der Waals surface area contributed by atoms with Gasteiger partial charge in [0.1, 0.15) is 5.75 Å². The third kappa shape index (κ3) is 3.72. The first-order valence-electron chi connectivity index (χ1n) is 6.54. The molecule has 0 amide bonds. The fourth-order valence-electron chi connectivity index (χ4n) is 1.90. The highest BCUT2D eigenvalue weighted by atomic mass is 16.6. The molecule has 2 aromatic carbocycles. The summed E-state index contributed by atoms with van der Waals surface area (Å²) in [6.07, 6.45) is 0. The molecule has 0 aliphatic heterocycles. The maximum Gasteiger partial charge on any atom is 0.344 e. The van der Waals surface area contributed by atoms with E-state index in [1.54, 1.807) is 37.3 Å². The molecule has 110 valence electrons. The highest BCUT2D eigenvalue weighted by Crippen LogP contribution is 2.22. The van der Waals surface area contributed by atoms with Crippen molar-refractivity contribution in [2.45, 2.75) is 6.92 Å². The molecule has 0 aliphatic carbocycles. The van der Waals surface area contributed by atoms with E-state index < -0.39 is 5.97 Å². The van der Waals surface area contributed by atoms with E-state index in [0.717, 1.165) is 10.8 Å². The molecule has 0 fully saturated rings. The van der Waals surface area contributed by atoms with Crippen LogP contribution < -0.4 is 4.74 Å². The summed E-state index contributed by atoms with van der Waals surface area (Å²) in [6, 6.07) is 10.6. The summed E-state index contributed by atoms with van der Waals surface area (Å²) in [5, 5.41) is 1.80. The molecule has 2 rings (SSSR count). The number of fused-ring (bicyclic) bond motifs is 1. The van der Waals surface area contributed by atoms with Gasteiger partial charge in [-0.25, -0.2) is 9.59 Å². The van der Waals surface area contributed by atoms with Crippen LogP contribution in [0.3, 0.4) is 0 Å². The number of carbonyl (C=O) groups excluding carboxylic acids is 2. The first-order chi connectivity index (χ1) is 10.1. The molecule has 5 nitrogen and oxygen atoms in total. The topological polar surface area (TPSA) is 61.8 Å². The van der Waals surface area contributed by atoms with E-state index in [9.17, 15) is 9.59 Å². The predicted octanol–water partition coefficient (Wildman–Crippen LogP) is 2.57. The first-order valence-corrected chi connectivity index (χ1v) is 6.54. The number of ether oxygens (including phenoxy) is 3. The van der Waals surface area contributed by atoms with Gasteiger partial charge in [-0.3, -0.25) is 0 Å². The van der Waals surface area contributed by atoms with E-state index in [4.69, 9.17) is 9.47 Å². The average Bonchev–Trinajstić information content (AvgIpc) is 2.51. The van der Waals surface area contributed by atoms with Crippen molar-refractivity contribution in [2.75, 3.05) is 20.3 Å². The minimum atomic E-state index is -0.404. The molecule has 0 N–H and O–H groups in total. The number of carbonyl (C=O) groups is 2. The lowest BCUT2D eigenvalue weighted by molar-refractivity contribution is -0.145. The number of esters is 2. The van der Waals surface area contributed by atoms with Gasteiger partial charge in [0.15, 0.2) is 6.61 Å². The van der Waals surface area contributed by atoms with Crippen molar-refractivity contribution in [3.8, 4) is 5.75 Å². The second-order valence-corrected chi connectivity index (χ2v) is 4.31. The maximum absolute atomic E-state index is 11.5. The highest BCUT2D eigenvalue weighted by molar-refractivity contribution is 5.95. The van der Waals surface area contributed by atoms with Crippen LogP contribution in [0.5, 0.6) is 5.75 Å². The Bertz CT molecular complexity index is 663. The van der Waals surface area contributed by atoms with E-state index in [1.807, 2.05) is 6.07 Å². The monoisotopic (exact) mass is 288 g/mol. The summed E-state index contributed by atoms with van der Waals surface area (Å²) in [4.78, 5) is 22.7. The Morgan fingerprint density at radius 2 is 1.76 bits per heavy atom. The van der Waals surface area contributed by atoms with Gasteiger partial charge in [-0.2, -0.15) is 0 Å². The lowest BCUT2D eigenvalue weighted by Gasteiger charge is -2.07. The zero-order valence-corrected chi connectivity index (χ0v) is 11.9. The van der Waals surface area contributed by atoms with Gasteiger partial charge in [0, 0.05) is 0 Å². The van der Waals surface area contributed by atoms with Crippen molar-refractivity contribution in [3.05, 3.63) is 42.0 Å². The van der Waals surface area contributed by atoms with Gasteiger partial charge in [-0.05, 0) is 42.0 Å². The Morgan fingerprint density at radius 1 is 1.05 bits per heavy atom. The second-order valence-electron chi connectivity index (χ2n) is 4.31. The SMILES string of the molecule is CCOC(=O)COc1ccc2cc(C(=O)OC)ccc2c1. The quantitative estimate of drug-likeness (QED) is 0.791. The van der Waals surface area contributed by atoms with Gasteiger partial charge < -0.3 is 14.2 Å². The van der Waals surface area contributed by atoms with Crippen LogP contribution >= 0.6 is 0 Å². The van der Waals surface area contributed by atoms with Gasteiger partial charge in [-0.15, -0.1) is 0 Å². The average molecular weight is 288 g/mol. The first kappa shape index (κ1) is 14.8. The Morgan fingerprint density at radius 3 is 2.48 bits per heavy atom. The van der Waals surface area contributed by atoms with Crippen molar-refractivity contribution in [1.82, 2.24) is 0 Å². The number of hydrogen-bond acceptors (Lipinski definition) is 5. The van der Waals surface area contributed by atoms with Crippen LogP contribution in [0.15, 0.2) is 36.4 Å². The van der Waals surface area contributed by atoms with Crippen LogP contribution in [0.4, 0.5) is 0 Å².